The summed E-state index contributed by atoms with van der Waals surface area (Å²) in [6, 6.07) is 9.35. The van der Waals surface area contributed by atoms with E-state index in [2.05, 4.69) is 30.5 Å². The molecule has 3 aliphatic rings. The Balaban J connectivity index is 1.22. The molecule has 5 rings (SSSR count). The second-order valence-electron chi connectivity index (χ2n) is 7.62. The number of hydrogen-bond acceptors (Lipinski definition) is 8. The minimum atomic E-state index is -0.443. The van der Waals surface area contributed by atoms with Gasteiger partial charge >= 0.3 is 6.03 Å². The number of fused-ring (bicyclic) bond motifs is 1. The summed E-state index contributed by atoms with van der Waals surface area (Å²) in [6.45, 7) is 2.85. The third-order valence-electron chi connectivity index (χ3n) is 5.56. The first kappa shape index (κ1) is 19.5. The summed E-state index contributed by atoms with van der Waals surface area (Å²) in [6.07, 6.45) is 2.89. The van der Waals surface area contributed by atoms with Crippen molar-refractivity contribution < 1.29 is 14.4 Å². The van der Waals surface area contributed by atoms with Gasteiger partial charge in [-0.15, -0.1) is 0 Å². The van der Waals surface area contributed by atoms with Crippen molar-refractivity contribution in [1.29, 1.82) is 0 Å². The lowest BCUT2D eigenvalue weighted by molar-refractivity contribution is -0.115. The number of hydrogen-bond donors (Lipinski definition) is 2. The van der Waals surface area contributed by atoms with E-state index in [-0.39, 0.29) is 10.9 Å². The van der Waals surface area contributed by atoms with E-state index in [0.717, 1.165) is 30.5 Å². The lowest BCUT2D eigenvalue weighted by Crippen LogP contribution is -2.36. The van der Waals surface area contributed by atoms with E-state index in [1.54, 1.807) is 0 Å². The van der Waals surface area contributed by atoms with Crippen LogP contribution in [0.25, 0.3) is 6.08 Å². The highest BCUT2D eigenvalue weighted by Crippen LogP contribution is 2.33. The Morgan fingerprint density at radius 1 is 1.10 bits per heavy atom. The average molecular weight is 437 g/mol. The second-order valence-corrected chi connectivity index (χ2v) is 8.64. The highest BCUT2D eigenvalue weighted by atomic mass is 32.2. The number of likely N-dealkylation sites (tertiary alicyclic amines) is 1. The summed E-state index contributed by atoms with van der Waals surface area (Å²) >= 11 is 0.828. The van der Waals surface area contributed by atoms with E-state index < -0.39 is 11.1 Å². The molecule has 2 atom stereocenters. The molecule has 0 spiro atoms. The van der Waals surface area contributed by atoms with Gasteiger partial charge in [0.05, 0.1) is 4.91 Å². The van der Waals surface area contributed by atoms with Crippen molar-refractivity contribution in [1.82, 2.24) is 25.2 Å². The van der Waals surface area contributed by atoms with Gasteiger partial charge in [0.25, 0.3) is 11.1 Å². The van der Waals surface area contributed by atoms with E-state index in [1.165, 1.54) is 12.4 Å². The molecule has 0 aliphatic carbocycles. The Hall–Kier alpha value is -3.47. The summed E-state index contributed by atoms with van der Waals surface area (Å²) in [7, 11) is 0. The first-order valence-corrected chi connectivity index (χ1v) is 10.7. The van der Waals surface area contributed by atoms with Gasteiger partial charge in [0.15, 0.2) is 5.82 Å². The second kappa shape index (κ2) is 7.99. The number of para-hydroxylation sites is 1. The van der Waals surface area contributed by atoms with Crippen molar-refractivity contribution in [2.24, 2.45) is 11.8 Å². The van der Waals surface area contributed by atoms with Gasteiger partial charge in [0, 0.05) is 49.8 Å². The van der Waals surface area contributed by atoms with Gasteiger partial charge in [-0.05, 0) is 23.9 Å². The number of carbonyl (C=O) groups excluding carboxylic acids is 3. The fraction of sp³-hybridized carbons (Fsp3) is 0.300. The number of urea groups is 1. The molecule has 0 saturated carbocycles. The van der Waals surface area contributed by atoms with Gasteiger partial charge in [-0.25, -0.2) is 14.8 Å². The molecule has 3 fully saturated rings. The number of nitrogens with zero attached hydrogens (tertiary/aromatic N) is 5. The maximum absolute atomic E-state index is 12.6. The standard InChI is InChI=1S/C20H19N7O3S/c28-17-15(31-20(30)25-17)6-16-21-11-22-18(24-16)26-7-12-9-27(10-13(12)8-26)19(29)23-14-4-2-1-3-5-14/h1-6,11-13H,7-10H2,(H,23,29)(H,25,28,30). The normalized spacial score (nSPS) is 23.9. The fourth-order valence-corrected chi connectivity index (χ4v) is 4.76. The Morgan fingerprint density at radius 3 is 2.52 bits per heavy atom. The lowest BCUT2D eigenvalue weighted by atomic mass is 10.0. The molecule has 158 valence electrons. The number of aromatic nitrogens is 3. The van der Waals surface area contributed by atoms with Crippen LogP contribution < -0.4 is 15.5 Å². The zero-order valence-corrected chi connectivity index (χ0v) is 17.2. The molecule has 2 unspecified atom stereocenters. The summed E-state index contributed by atoms with van der Waals surface area (Å²) in [4.78, 5) is 52.6. The molecule has 1 aromatic heterocycles. The van der Waals surface area contributed by atoms with Crippen molar-refractivity contribution in [3.63, 3.8) is 0 Å². The molecule has 3 saturated heterocycles. The van der Waals surface area contributed by atoms with Crippen molar-refractivity contribution in [3.8, 4) is 0 Å². The fourth-order valence-electron chi connectivity index (χ4n) is 4.11. The van der Waals surface area contributed by atoms with Gasteiger partial charge < -0.3 is 15.1 Å². The highest BCUT2D eigenvalue weighted by molar-refractivity contribution is 8.18. The van der Waals surface area contributed by atoms with E-state index in [4.69, 9.17) is 0 Å². The number of thioether (sulfide) groups is 1. The molecule has 11 heteroatoms. The van der Waals surface area contributed by atoms with E-state index in [9.17, 15) is 14.4 Å². The predicted octanol–water partition coefficient (Wildman–Crippen LogP) is 1.80. The summed E-state index contributed by atoms with van der Waals surface area (Å²) in [5.74, 6) is 1.11. The van der Waals surface area contributed by atoms with Crippen molar-refractivity contribution >= 4 is 46.7 Å². The number of amides is 4. The summed E-state index contributed by atoms with van der Waals surface area (Å²) < 4.78 is 0. The summed E-state index contributed by atoms with van der Waals surface area (Å²) in [5, 5.41) is 4.75. The van der Waals surface area contributed by atoms with Gasteiger partial charge in [0.2, 0.25) is 5.95 Å². The van der Waals surface area contributed by atoms with Crippen LogP contribution in [0.1, 0.15) is 5.82 Å². The molecule has 31 heavy (non-hydrogen) atoms. The van der Waals surface area contributed by atoms with Crippen LogP contribution in [-0.4, -0.2) is 63.2 Å². The number of imide groups is 1. The van der Waals surface area contributed by atoms with Crippen LogP contribution in [0.4, 0.5) is 21.2 Å². The number of anilines is 2. The van der Waals surface area contributed by atoms with Crippen molar-refractivity contribution in [2.75, 3.05) is 36.4 Å². The smallest absolute Gasteiger partial charge is 0.321 e. The van der Waals surface area contributed by atoms with Crippen molar-refractivity contribution in [3.05, 3.63) is 47.4 Å². The maximum atomic E-state index is 12.6. The molecule has 4 heterocycles. The van der Waals surface area contributed by atoms with Gasteiger partial charge in [-0.1, -0.05) is 18.2 Å². The Bertz CT molecular complexity index is 1060. The molecule has 2 aromatic rings. The zero-order valence-electron chi connectivity index (χ0n) is 16.4. The van der Waals surface area contributed by atoms with E-state index >= 15 is 0 Å². The number of nitrogens with one attached hydrogen (secondary N) is 2. The minimum absolute atomic E-state index is 0.0805. The summed E-state index contributed by atoms with van der Waals surface area (Å²) in [5.41, 5.74) is 0.786. The molecule has 0 radical (unpaired) electrons. The maximum Gasteiger partial charge on any atom is 0.321 e. The monoisotopic (exact) mass is 437 g/mol. The first-order chi connectivity index (χ1) is 15.0. The number of rotatable bonds is 3. The Labute approximate surface area is 182 Å². The van der Waals surface area contributed by atoms with Gasteiger partial charge in [-0.3, -0.25) is 14.9 Å². The molecule has 3 aliphatic heterocycles. The van der Waals surface area contributed by atoms with Crippen LogP contribution in [0.15, 0.2) is 41.6 Å². The van der Waals surface area contributed by atoms with Crippen LogP contribution in [-0.2, 0) is 4.79 Å². The molecular formula is C20H19N7O3S. The van der Waals surface area contributed by atoms with Crippen LogP contribution in [0, 0.1) is 11.8 Å². The topological polar surface area (TPSA) is 120 Å². The molecule has 1 aromatic carbocycles. The molecule has 0 bridgehead atoms. The first-order valence-electron chi connectivity index (χ1n) is 9.85. The van der Waals surface area contributed by atoms with Crippen LogP contribution >= 0.6 is 11.8 Å². The lowest BCUT2D eigenvalue weighted by Gasteiger charge is -2.22. The molecule has 10 nitrogen and oxygen atoms in total. The SMILES string of the molecule is O=C1NC(=O)C(=Cc2ncnc(N3CC4CN(C(=O)Nc5ccccc5)CC4C3)n2)S1. The van der Waals surface area contributed by atoms with Crippen molar-refractivity contribution in [2.45, 2.75) is 0 Å². The highest BCUT2D eigenvalue weighted by Gasteiger charge is 2.42. The Morgan fingerprint density at radius 2 is 1.84 bits per heavy atom. The Kier molecular flexibility index (Phi) is 5.02. The predicted molar refractivity (Wildman–Crippen MR) is 115 cm³/mol. The molecule has 4 amide bonds. The third-order valence-corrected chi connectivity index (χ3v) is 6.37. The average Bonchev–Trinajstić information content (AvgIpc) is 3.42. The van der Waals surface area contributed by atoms with Gasteiger partial charge in [0.1, 0.15) is 6.33 Å². The quantitative estimate of drug-likeness (QED) is 0.698. The van der Waals surface area contributed by atoms with Crippen LogP contribution in [0.5, 0.6) is 0 Å². The van der Waals surface area contributed by atoms with E-state index in [0.29, 0.717) is 36.7 Å². The third kappa shape index (κ3) is 4.08. The number of benzene rings is 1. The number of carbonyl (C=O) groups is 3. The minimum Gasteiger partial charge on any atom is -0.340 e. The molecule has 2 N–H and O–H groups in total. The zero-order chi connectivity index (χ0) is 21.4. The van der Waals surface area contributed by atoms with Gasteiger partial charge in [-0.2, -0.15) is 4.98 Å². The van der Waals surface area contributed by atoms with Crippen LogP contribution in [0.3, 0.4) is 0 Å². The van der Waals surface area contributed by atoms with Crippen LogP contribution in [0.2, 0.25) is 0 Å². The largest absolute Gasteiger partial charge is 0.340 e. The molecular weight excluding hydrogens is 418 g/mol. The van der Waals surface area contributed by atoms with E-state index in [1.807, 2.05) is 35.2 Å².